The first-order chi connectivity index (χ1) is 16.5. The number of carbonyl (C=O) groups excluding carboxylic acids is 1. The van der Waals surface area contributed by atoms with Crippen LogP contribution in [0.15, 0.2) is 0 Å². The van der Waals surface area contributed by atoms with Gasteiger partial charge in [-0.15, -0.1) is 0 Å². The van der Waals surface area contributed by atoms with Gasteiger partial charge in [-0.3, -0.25) is 9.59 Å². The van der Waals surface area contributed by atoms with Crippen LogP contribution in [0.5, 0.6) is 0 Å². The standard InChI is InChI=1S/C32H52O4/c1-20(33)36-25-12-13-29(6)23(28(25,4)5)11-14-31(8)24(29)10-9-21-22-19-27(2,3)15-17-32(22,26(34)35)18-16-30(21,31)7/h21-25H,9-19H2,1-8H3,(H,34,35)/t21-,22-,23+,24-,25-,29+,30+,31-,32+/m1/s1. The second kappa shape index (κ2) is 7.98. The number of esters is 1. The number of fused-ring (bicyclic) bond motifs is 7. The number of aliphatic carboxylic acids is 1. The van der Waals surface area contributed by atoms with Crippen molar-refractivity contribution in [3.8, 4) is 0 Å². The van der Waals surface area contributed by atoms with E-state index in [1.807, 2.05) is 0 Å². The predicted octanol–water partition coefficient (Wildman–Crippen LogP) is 7.88. The summed E-state index contributed by atoms with van der Waals surface area (Å²) in [5.41, 5.74) is 0.385. The molecular formula is C32H52O4. The SMILES string of the molecule is CC(=O)O[C@@H]1CC[C@]2(C)[C@H]3CC[C@@H]4[C@H]5CC(C)(C)CC[C@]5(C(=O)O)CC[C@]4(C)[C@]3(C)CC[C@H]2C1(C)C. The molecule has 5 aliphatic rings. The van der Waals surface area contributed by atoms with E-state index >= 15 is 0 Å². The Morgan fingerprint density at radius 3 is 2.03 bits per heavy atom. The van der Waals surface area contributed by atoms with Crippen LogP contribution in [0, 0.1) is 56.2 Å². The molecule has 5 rings (SSSR count). The summed E-state index contributed by atoms with van der Waals surface area (Å²) in [6.45, 7) is 18.8. The van der Waals surface area contributed by atoms with E-state index < -0.39 is 11.4 Å². The second-order valence-corrected chi connectivity index (χ2v) is 16.1. The predicted molar refractivity (Wildman–Crippen MR) is 142 cm³/mol. The average molecular weight is 501 g/mol. The van der Waals surface area contributed by atoms with Gasteiger partial charge in [-0.25, -0.2) is 0 Å². The van der Waals surface area contributed by atoms with Crippen LogP contribution < -0.4 is 0 Å². The van der Waals surface area contributed by atoms with Gasteiger partial charge in [0.05, 0.1) is 5.41 Å². The Bertz CT molecular complexity index is 936. The van der Waals surface area contributed by atoms with E-state index in [2.05, 4.69) is 48.5 Å². The van der Waals surface area contributed by atoms with Crippen molar-refractivity contribution in [2.75, 3.05) is 0 Å². The number of hydrogen-bond donors (Lipinski definition) is 1. The maximum Gasteiger partial charge on any atom is 0.309 e. The second-order valence-electron chi connectivity index (χ2n) is 16.1. The van der Waals surface area contributed by atoms with E-state index in [9.17, 15) is 14.7 Å². The minimum absolute atomic E-state index is 0.0136. The van der Waals surface area contributed by atoms with Crippen molar-refractivity contribution in [2.45, 2.75) is 132 Å². The Morgan fingerprint density at radius 2 is 1.39 bits per heavy atom. The van der Waals surface area contributed by atoms with Gasteiger partial charge in [-0.05, 0) is 116 Å². The van der Waals surface area contributed by atoms with E-state index in [1.54, 1.807) is 6.92 Å². The van der Waals surface area contributed by atoms with E-state index in [0.717, 1.165) is 44.9 Å². The van der Waals surface area contributed by atoms with E-state index in [0.29, 0.717) is 23.7 Å². The van der Waals surface area contributed by atoms with E-state index in [1.165, 1.54) is 25.7 Å². The van der Waals surface area contributed by atoms with Gasteiger partial charge in [0.15, 0.2) is 0 Å². The quantitative estimate of drug-likeness (QED) is 0.392. The highest BCUT2D eigenvalue weighted by Gasteiger charge is 2.71. The number of carboxylic acids is 1. The van der Waals surface area contributed by atoms with Gasteiger partial charge >= 0.3 is 11.9 Å². The topological polar surface area (TPSA) is 63.6 Å². The number of hydrogen-bond acceptors (Lipinski definition) is 3. The van der Waals surface area contributed by atoms with Gasteiger partial charge in [0.25, 0.3) is 0 Å². The first-order valence-corrected chi connectivity index (χ1v) is 14.9. The molecule has 0 aromatic rings. The summed E-state index contributed by atoms with van der Waals surface area (Å²) in [5.74, 6) is 1.35. The molecular weight excluding hydrogens is 448 g/mol. The van der Waals surface area contributed by atoms with Gasteiger partial charge in [-0.2, -0.15) is 0 Å². The van der Waals surface area contributed by atoms with Crippen molar-refractivity contribution < 1.29 is 19.4 Å². The molecule has 0 spiro atoms. The Hall–Kier alpha value is -1.06. The third-order valence-corrected chi connectivity index (χ3v) is 13.9. The van der Waals surface area contributed by atoms with Crippen molar-refractivity contribution in [2.24, 2.45) is 56.2 Å². The zero-order valence-electron chi connectivity index (χ0n) is 24.3. The van der Waals surface area contributed by atoms with Crippen LogP contribution in [-0.2, 0) is 14.3 Å². The van der Waals surface area contributed by atoms with Crippen LogP contribution >= 0.6 is 0 Å². The normalized spacial score (nSPS) is 51.1. The van der Waals surface area contributed by atoms with Crippen molar-refractivity contribution >= 4 is 11.9 Å². The average Bonchev–Trinajstić information content (AvgIpc) is 2.75. The summed E-state index contributed by atoms with van der Waals surface area (Å²) in [4.78, 5) is 24.7. The summed E-state index contributed by atoms with van der Waals surface area (Å²) in [6, 6.07) is 0. The summed E-state index contributed by atoms with van der Waals surface area (Å²) >= 11 is 0. The molecule has 0 radical (unpaired) electrons. The lowest BCUT2D eigenvalue weighted by molar-refractivity contribution is -0.256. The molecule has 0 amide bonds. The fourth-order valence-electron chi connectivity index (χ4n) is 11.8. The lowest BCUT2D eigenvalue weighted by Crippen LogP contribution is -2.67. The van der Waals surface area contributed by atoms with Gasteiger partial charge in [-0.1, -0.05) is 48.5 Å². The van der Waals surface area contributed by atoms with Crippen LogP contribution in [0.4, 0.5) is 0 Å². The van der Waals surface area contributed by atoms with Crippen LogP contribution in [0.25, 0.3) is 0 Å². The number of ether oxygens (including phenoxy) is 1. The summed E-state index contributed by atoms with van der Waals surface area (Å²) in [5, 5.41) is 10.6. The molecule has 0 heterocycles. The Balaban J connectivity index is 1.50. The zero-order valence-corrected chi connectivity index (χ0v) is 24.3. The van der Waals surface area contributed by atoms with Gasteiger partial charge in [0.1, 0.15) is 6.10 Å². The minimum atomic E-state index is -0.515. The number of carboxylic acid groups (broad SMARTS) is 1. The van der Waals surface area contributed by atoms with E-state index in [-0.39, 0.29) is 39.1 Å². The zero-order chi connectivity index (χ0) is 26.5. The molecule has 4 heteroatoms. The lowest BCUT2D eigenvalue weighted by Gasteiger charge is -2.73. The first kappa shape index (κ1) is 26.5. The number of rotatable bonds is 2. The Labute approximate surface area is 219 Å². The maximum atomic E-state index is 12.8. The number of carbonyl (C=O) groups is 2. The van der Waals surface area contributed by atoms with Gasteiger partial charge < -0.3 is 9.84 Å². The smallest absolute Gasteiger partial charge is 0.309 e. The van der Waals surface area contributed by atoms with E-state index in [4.69, 9.17) is 4.74 Å². The monoisotopic (exact) mass is 500 g/mol. The highest BCUT2D eigenvalue weighted by atomic mass is 16.5. The molecule has 0 aromatic carbocycles. The molecule has 0 saturated heterocycles. The Morgan fingerprint density at radius 1 is 0.722 bits per heavy atom. The van der Waals surface area contributed by atoms with Gasteiger partial charge in [0.2, 0.25) is 0 Å². The Kier molecular flexibility index (Phi) is 5.88. The maximum absolute atomic E-state index is 12.8. The van der Waals surface area contributed by atoms with Crippen molar-refractivity contribution in [1.82, 2.24) is 0 Å². The summed E-state index contributed by atoms with van der Waals surface area (Å²) in [6.07, 6.45) is 11.8. The molecule has 4 nitrogen and oxygen atoms in total. The molecule has 204 valence electrons. The summed E-state index contributed by atoms with van der Waals surface area (Å²) < 4.78 is 5.88. The van der Waals surface area contributed by atoms with Crippen LogP contribution in [0.3, 0.4) is 0 Å². The first-order valence-electron chi connectivity index (χ1n) is 14.9. The molecule has 0 bridgehead atoms. The minimum Gasteiger partial charge on any atom is -0.481 e. The molecule has 5 saturated carbocycles. The fraction of sp³-hybridized carbons (Fsp3) is 0.938. The molecule has 0 aliphatic heterocycles. The molecule has 36 heavy (non-hydrogen) atoms. The van der Waals surface area contributed by atoms with Crippen molar-refractivity contribution in [3.63, 3.8) is 0 Å². The largest absolute Gasteiger partial charge is 0.481 e. The van der Waals surface area contributed by atoms with Crippen LogP contribution in [-0.4, -0.2) is 23.1 Å². The summed E-state index contributed by atoms with van der Waals surface area (Å²) in [7, 11) is 0. The van der Waals surface area contributed by atoms with Crippen LogP contribution in [0.1, 0.15) is 126 Å². The third kappa shape index (κ3) is 3.36. The third-order valence-electron chi connectivity index (χ3n) is 13.9. The highest BCUT2D eigenvalue weighted by molar-refractivity contribution is 5.75. The highest BCUT2D eigenvalue weighted by Crippen LogP contribution is 2.77. The molecule has 1 N–H and O–H groups in total. The van der Waals surface area contributed by atoms with Crippen molar-refractivity contribution in [1.29, 1.82) is 0 Å². The molecule has 5 fully saturated rings. The van der Waals surface area contributed by atoms with Crippen molar-refractivity contribution in [3.05, 3.63) is 0 Å². The van der Waals surface area contributed by atoms with Gasteiger partial charge in [0, 0.05) is 12.3 Å². The molecule has 5 aliphatic carbocycles. The molecule has 0 unspecified atom stereocenters. The molecule has 0 aromatic heterocycles. The van der Waals surface area contributed by atoms with Crippen LogP contribution in [0.2, 0.25) is 0 Å². The lowest BCUT2D eigenvalue weighted by atomic mass is 9.31. The molecule has 9 atom stereocenters. The fourth-order valence-corrected chi connectivity index (χ4v) is 11.8.